The van der Waals surface area contributed by atoms with Gasteiger partial charge in [0.15, 0.2) is 0 Å². The third kappa shape index (κ3) is 3.28. The summed E-state index contributed by atoms with van der Waals surface area (Å²) in [6, 6.07) is 9.24. The van der Waals surface area contributed by atoms with E-state index in [0.29, 0.717) is 29.1 Å². The highest BCUT2D eigenvalue weighted by Gasteiger charge is 2.14. The van der Waals surface area contributed by atoms with Gasteiger partial charge in [0.2, 0.25) is 0 Å². The topological polar surface area (TPSA) is 60.7 Å². The lowest BCUT2D eigenvalue weighted by atomic mass is 10.1. The highest BCUT2D eigenvalue weighted by atomic mass is 35.5. The number of aryl methyl sites for hydroxylation is 1. The summed E-state index contributed by atoms with van der Waals surface area (Å²) in [5, 5.41) is 4.78. The molecule has 0 saturated heterocycles. The number of rotatable bonds is 4. The molecule has 0 bridgehead atoms. The number of hydrogen-bond acceptors (Lipinski definition) is 1. The van der Waals surface area contributed by atoms with Gasteiger partial charge < -0.3 is 15.3 Å². The molecule has 2 aromatic carbocycles. The standard InChI is InChI=1S/C20H16ClF2N3O/c1-10-14(15-8-13(22)9-16(23)19(15)25-10)4-5-24-20(27)18-7-11-6-12(21)2-3-17(11)26-18/h2-3,6-9,25-26H,4-5H2,1H3,(H,24,27). The Morgan fingerprint density at radius 1 is 1.15 bits per heavy atom. The van der Waals surface area contributed by atoms with Gasteiger partial charge in [-0.2, -0.15) is 0 Å². The van der Waals surface area contributed by atoms with Gasteiger partial charge in [-0.3, -0.25) is 4.79 Å². The molecule has 0 aliphatic heterocycles. The first kappa shape index (κ1) is 17.5. The zero-order chi connectivity index (χ0) is 19.1. The van der Waals surface area contributed by atoms with Crippen molar-refractivity contribution in [1.82, 2.24) is 15.3 Å². The Morgan fingerprint density at radius 2 is 1.96 bits per heavy atom. The second-order valence-corrected chi connectivity index (χ2v) is 6.90. The van der Waals surface area contributed by atoms with Crippen molar-refractivity contribution in [3.63, 3.8) is 0 Å². The number of carbonyl (C=O) groups is 1. The van der Waals surface area contributed by atoms with Crippen LogP contribution in [0.1, 0.15) is 21.7 Å². The molecule has 0 aliphatic carbocycles. The Bertz CT molecular complexity index is 1180. The fourth-order valence-corrected chi connectivity index (χ4v) is 3.53. The lowest BCUT2D eigenvalue weighted by Gasteiger charge is -2.05. The Hall–Kier alpha value is -2.86. The van der Waals surface area contributed by atoms with Crippen LogP contribution in [0, 0.1) is 18.6 Å². The summed E-state index contributed by atoms with van der Waals surface area (Å²) in [6.45, 7) is 2.14. The predicted molar refractivity (Wildman–Crippen MR) is 102 cm³/mol. The number of carbonyl (C=O) groups excluding carboxylic acids is 1. The van der Waals surface area contributed by atoms with E-state index in [1.165, 1.54) is 6.07 Å². The molecule has 4 nitrogen and oxygen atoms in total. The zero-order valence-electron chi connectivity index (χ0n) is 14.4. The molecule has 7 heteroatoms. The molecule has 0 atom stereocenters. The van der Waals surface area contributed by atoms with Gasteiger partial charge in [0.1, 0.15) is 17.3 Å². The fraction of sp³-hybridized carbons (Fsp3) is 0.150. The molecule has 3 N–H and O–H groups in total. The van der Waals surface area contributed by atoms with Gasteiger partial charge in [0.05, 0.1) is 5.52 Å². The maximum Gasteiger partial charge on any atom is 0.267 e. The number of H-pyrrole nitrogens is 2. The molecule has 0 spiro atoms. The smallest absolute Gasteiger partial charge is 0.267 e. The molecule has 2 heterocycles. The van der Waals surface area contributed by atoms with Crippen LogP contribution in [-0.4, -0.2) is 22.4 Å². The normalized spacial score (nSPS) is 11.4. The SMILES string of the molecule is Cc1[nH]c2c(F)cc(F)cc2c1CCNC(=O)c1cc2cc(Cl)ccc2[nH]1. The monoisotopic (exact) mass is 387 g/mol. The van der Waals surface area contributed by atoms with Crippen molar-refractivity contribution in [2.75, 3.05) is 6.54 Å². The molecule has 138 valence electrons. The molecular formula is C20H16ClF2N3O. The molecule has 4 rings (SSSR count). The van der Waals surface area contributed by atoms with Crippen molar-refractivity contribution < 1.29 is 13.6 Å². The van der Waals surface area contributed by atoms with Crippen LogP contribution in [0.5, 0.6) is 0 Å². The molecule has 0 saturated carbocycles. The fourth-order valence-electron chi connectivity index (χ4n) is 3.35. The molecule has 0 unspecified atom stereocenters. The lowest BCUT2D eigenvalue weighted by molar-refractivity contribution is 0.0950. The van der Waals surface area contributed by atoms with Gasteiger partial charge in [0.25, 0.3) is 5.91 Å². The van der Waals surface area contributed by atoms with Crippen molar-refractivity contribution in [2.24, 2.45) is 0 Å². The summed E-state index contributed by atoms with van der Waals surface area (Å²) in [5.74, 6) is -1.50. The summed E-state index contributed by atoms with van der Waals surface area (Å²) in [6.07, 6.45) is 0.451. The lowest BCUT2D eigenvalue weighted by Crippen LogP contribution is -2.26. The average molecular weight is 388 g/mol. The second-order valence-electron chi connectivity index (χ2n) is 6.46. The van der Waals surface area contributed by atoms with Crippen molar-refractivity contribution in [2.45, 2.75) is 13.3 Å². The Morgan fingerprint density at radius 3 is 2.78 bits per heavy atom. The number of amides is 1. The summed E-state index contributed by atoms with van der Waals surface area (Å²) in [7, 11) is 0. The van der Waals surface area contributed by atoms with E-state index in [-0.39, 0.29) is 11.4 Å². The van der Waals surface area contributed by atoms with Crippen LogP contribution in [0.4, 0.5) is 8.78 Å². The highest BCUT2D eigenvalue weighted by molar-refractivity contribution is 6.31. The minimum absolute atomic E-state index is 0.253. The van der Waals surface area contributed by atoms with Gasteiger partial charge >= 0.3 is 0 Å². The molecule has 1 amide bonds. The maximum absolute atomic E-state index is 13.9. The van der Waals surface area contributed by atoms with E-state index in [4.69, 9.17) is 11.6 Å². The highest BCUT2D eigenvalue weighted by Crippen LogP contribution is 2.26. The number of benzene rings is 2. The first-order valence-corrected chi connectivity index (χ1v) is 8.83. The second kappa shape index (κ2) is 6.70. The van der Waals surface area contributed by atoms with Crippen LogP contribution in [0.25, 0.3) is 21.8 Å². The van der Waals surface area contributed by atoms with Gasteiger partial charge in [-0.05, 0) is 49.2 Å². The maximum atomic E-state index is 13.9. The molecule has 0 aliphatic rings. The van der Waals surface area contributed by atoms with Crippen molar-refractivity contribution in [3.8, 4) is 0 Å². The Labute approximate surface area is 158 Å². The molecule has 2 aromatic heterocycles. The number of nitrogens with one attached hydrogen (secondary N) is 3. The van der Waals surface area contributed by atoms with E-state index < -0.39 is 11.6 Å². The minimum atomic E-state index is -0.625. The van der Waals surface area contributed by atoms with Crippen LogP contribution in [-0.2, 0) is 6.42 Å². The van der Waals surface area contributed by atoms with E-state index >= 15 is 0 Å². The van der Waals surface area contributed by atoms with Gasteiger partial charge in [-0.25, -0.2) is 8.78 Å². The minimum Gasteiger partial charge on any atom is -0.356 e. The van der Waals surface area contributed by atoms with Gasteiger partial charge in [-0.15, -0.1) is 0 Å². The van der Waals surface area contributed by atoms with Crippen LogP contribution < -0.4 is 5.32 Å². The first-order chi connectivity index (χ1) is 12.9. The van der Waals surface area contributed by atoms with Crippen LogP contribution in [0.15, 0.2) is 36.4 Å². The van der Waals surface area contributed by atoms with E-state index in [1.54, 1.807) is 25.1 Å². The van der Waals surface area contributed by atoms with E-state index in [1.807, 2.05) is 6.07 Å². The summed E-state index contributed by atoms with van der Waals surface area (Å²) in [5.41, 5.74) is 3.07. The molecule has 0 radical (unpaired) electrons. The zero-order valence-corrected chi connectivity index (χ0v) is 15.2. The van der Waals surface area contributed by atoms with Gasteiger partial charge in [-0.1, -0.05) is 11.6 Å². The third-order valence-corrected chi connectivity index (χ3v) is 4.87. The summed E-state index contributed by atoms with van der Waals surface area (Å²) >= 11 is 5.96. The van der Waals surface area contributed by atoms with Gasteiger partial charge in [0, 0.05) is 39.6 Å². The number of hydrogen-bond donors (Lipinski definition) is 3. The molecule has 4 aromatic rings. The van der Waals surface area contributed by atoms with Crippen molar-refractivity contribution >= 4 is 39.3 Å². The van der Waals surface area contributed by atoms with E-state index in [9.17, 15) is 13.6 Å². The number of aromatic amines is 2. The van der Waals surface area contributed by atoms with E-state index in [2.05, 4.69) is 15.3 Å². The molecule has 27 heavy (non-hydrogen) atoms. The third-order valence-electron chi connectivity index (χ3n) is 4.63. The molecular weight excluding hydrogens is 372 g/mol. The molecule has 0 fully saturated rings. The average Bonchev–Trinajstić information content (AvgIpc) is 3.16. The quantitative estimate of drug-likeness (QED) is 0.460. The van der Waals surface area contributed by atoms with E-state index in [0.717, 1.165) is 28.2 Å². The summed E-state index contributed by atoms with van der Waals surface area (Å²) in [4.78, 5) is 18.4. The van der Waals surface area contributed by atoms with Crippen LogP contribution in [0.2, 0.25) is 5.02 Å². The van der Waals surface area contributed by atoms with Crippen molar-refractivity contribution in [3.05, 3.63) is 70.0 Å². The predicted octanol–water partition coefficient (Wildman–Crippen LogP) is 4.86. The largest absolute Gasteiger partial charge is 0.356 e. The Kier molecular flexibility index (Phi) is 4.36. The van der Waals surface area contributed by atoms with Crippen LogP contribution >= 0.6 is 11.6 Å². The van der Waals surface area contributed by atoms with Crippen molar-refractivity contribution in [1.29, 1.82) is 0 Å². The number of halogens is 3. The number of aromatic nitrogens is 2. The first-order valence-electron chi connectivity index (χ1n) is 8.45. The Balaban J connectivity index is 1.50. The summed E-state index contributed by atoms with van der Waals surface area (Å²) < 4.78 is 27.4. The van der Waals surface area contributed by atoms with Crippen LogP contribution in [0.3, 0.4) is 0 Å². The number of fused-ring (bicyclic) bond motifs is 2.